The van der Waals surface area contributed by atoms with Crippen LogP contribution in [0, 0.1) is 11.3 Å². The first kappa shape index (κ1) is 22.1. The van der Waals surface area contributed by atoms with Crippen molar-refractivity contribution in [3.63, 3.8) is 0 Å². The number of hydrogen-bond donors (Lipinski definition) is 0. The lowest BCUT2D eigenvalue weighted by Crippen LogP contribution is -2.09. The molecule has 0 N–H and O–H groups in total. The number of methoxy groups -OCH3 is 1. The zero-order valence-corrected chi connectivity index (χ0v) is 18.9. The molecule has 0 aromatic heterocycles. The highest BCUT2D eigenvalue weighted by Gasteiger charge is 2.44. The summed E-state index contributed by atoms with van der Waals surface area (Å²) in [4.78, 5) is 11.2. The van der Waals surface area contributed by atoms with Crippen molar-refractivity contribution in [2.45, 2.75) is 63.2 Å². The summed E-state index contributed by atoms with van der Waals surface area (Å²) < 4.78 is 10.8. The maximum Gasteiger partial charge on any atom is 0.305 e. The molecule has 1 fully saturated rings. The van der Waals surface area contributed by atoms with Crippen molar-refractivity contribution in [3.05, 3.63) is 70.8 Å². The van der Waals surface area contributed by atoms with E-state index in [0.717, 1.165) is 49.8 Å². The molecule has 1 saturated carbocycles. The predicted molar refractivity (Wildman–Crippen MR) is 125 cm³/mol. The number of esters is 1. The molecule has 166 valence electrons. The van der Waals surface area contributed by atoms with E-state index in [2.05, 4.69) is 47.2 Å². The molecule has 2 aliphatic rings. The van der Waals surface area contributed by atoms with E-state index < -0.39 is 0 Å². The molecular formula is C28H31NO3. The fourth-order valence-electron chi connectivity index (χ4n) is 4.52. The van der Waals surface area contributed by atoms with Crippen molar-refractivity contribution in [1.82, 2.24) is 0 Å². The monoisotopic (exact) mass is 429 g/mol. The second kappa shape index (κ2) is 10.0. The van der Waals surface area contributed by atoms with Crippen molar-refractivity contribution >= 4 is 11.5 Å². The number of ether oxygens (including phenoxy) is 2. The second-order valence-corrected chi connectivity index (χ2v) is 8.92. The van der Waals surface area contributed by atoms with Crippen molar-refractivity contribution < 1.29 is 14.3 Å². The summed E-state index contributed by atoms with van der Waals surface area (Å²) in [7, 11) is 1.43. The van der Waals surface area contributed by atoms with Crippen LogP contribution in [-0.4, -0.2) is 19.7 Å². The van der Waals surface area contributed by atoms with Gasteiger partial charge in [0.1, 0.15) is 12.4 Å². The quantitative estimate of drug-likeness (QED) is 0.449. The summed E-state index contributed by atoms with van der Waals surface area (Å²) >= 11 is 0. The van der Waals surface area contributed by atoms with Crippen molar-refractivity contribution in [3.8, 4) is 11.8 Å². The van der Waals surface area contributed by atoms with Gasteiger partial charge in [0.25, 0.3) is 0 Å². The highest BCUT2D eigenvalue weighted by Crippen LogP contribution is 2.47. The van der Waals surface area contributed by atoms with Crippen LogP contribution in [0.1, 0.15) is 68.1 Å². The van der Waals surface area contributed by atoms with E-state index in [1.807, 2.05) is 12.1 Å². The molecule has 4 heteroatoms. The molecule has 2 aliphatic carbocycles. The summed E-state index contributed by atoms with van der Waals surface area (Å²) in [5, 5.41) is 9.45. The molecule has 2 aromatic carbocycles. The Kier molecular flexibility index (Phi) is 6.95. The molecule has 4 rings (SSSR count). The zero-order valence-electron chi connectivity index (χ0n) is 18.9. The predicted octanol–water partition coefficient (Wildman–Crippen LogP) is 6.14. The Hall–Kier alpha value is -3.06. The fraction of sp³-hybridized carbons (Fsp3) is 0.429. The van der Waals surface area contributed by atoms with E-state index in [0.29, 0.717) is 13.0 Å². The average Bonchev–Trinajstić information content (AvgIpc) is 3.65. The Bertz CT molecular complexity index is 1010. The van der Waals surface area contributed by atoms with E-state index in [1.54, 1.807) is 0 Å². The summed E-state index contributed by atoms with van der Waals surface area (Å²) in [6.07, 6.45) is 8.63. The van der Waals surface area contributed by atoms with Gasteiger partial charge in [-0.1, -0.05) is 36.4 Å². The van der Waals surface area contributed by atoms with Gasteiger partial charge in [-0.2, -0.15) is 5.26 Å². The summed E-state index contributed by atoms with van der Waals surface area (Å²) in [5.41, 5.74) is 6.18. The van der Waals surface area contributed by atoms with Crippen LogP contribution in [0.25, 0.3) is 5.57 Å². The number of nitriles is 1. The Labute approximate surface area is 190 Å². The van der Waals surface area contributed by atoms with Gasteiger partial charge in [-0.05, 0) is 91.3 Å². The molecule has 32 heavy (non-hydrogen) atoms. The first-order valence-electron chi connectivity index (χ1n) is 11.7. The molecule has 0 aliphatic heterocycles. The van der Waals surface area contributed by atoms with Crippen LogP contribution in [0.15, 0.2) is 54.1 Å². The zero-order chi connectivity index (χ0) is 22.4. The molecule has 0 saturated heterocycles. The minimum Gasteiger partial charge on any atom is -0.489 e. The van der Waals surface area contributed by atoms with E-state index in [9.17, 15) is 10.1 Å². The molecule has 4 nitrogen and oxygen atoms in total. The molecule has 0 bridgehead atoms. The van der Waals surface area contributed by atoms with Gasteiger partial charge in [0.2, 0.25) is 0 Å². The standard InChI is InChI=1S/C28H31NO3/c1-31-27(30)8-4-5-21-9-15-25(16-10-21)32-19-23-6-2-3-7-26(23)22-11-13-24(14-12-22)28(20-29)17-18-28/h9-16H,2-8,17-19H2,1H3. The van der Waals surface area contributed by atoms with Gasteiger partial charge in [0, 0.05) is 6.42 Å². The number of nitrogens with zero attached hydrogens (tertiary/aromatic N) is 1. The Morgan fingerprint density at radius 1 is 1.03 bits per heavy atom. The first-order valence-corrected chi connectivity index (χ1v) is 11.7. The van der Waals surface area contributed by atoms with E-state index in [-0.39, 0.29) is 11.4 Å². The number of allylic oxidation sites excluding steroid dienone is 1. The normalized spacial score (nSPS) is 16.9. The molecule has 0 heterocycles. The SMILES string of the molecule is COC(=O)CCCc1ccc(OCC2=C(c3ccc(C4(C#N)CC4)cc3)CCCC2)cc1. The highest BCUT2D eigenvalue weighted by molar-refractivity contribution is 5.70. The Morgan fingerprint density at radius 2 is 1.75 bits per heavy atom. The lowest BCUT2D eigenvalue weighted by molar-refractivity contribution is -0.140. The van der Waals surface area contributed by atoms with Crippen LogP contribution in [0.3, 0.4) is 0 Å². The Morgan fingerprint density at radius 3 is 2.41 bits per heavy atom. The van der Waals surface area contributed by atoms with Crippen molar-refractivity contribution in [2.24, 2.45) is 0 Å². The third kappa shape index (κ3) is 5.22. The molecule has 0 spiro atoms. The van der Waals surface area contributed by atoms with E-state index in [1.165, 1.54) is 42.2 Å². The molecule has 0 atom stereocenters. The molecule has 0 unspecified atom stereocenters. The maximum atomic E-state index is 11.2. The number of carbonyl (C=O) groups is 1. The van der Waals surface area contributed by atoms with Gasteiger partial charge >= 0.3 is 5.97 Å². The fourth-order valence-corrected chi connectivity index (χ4v) is 4.52. The third-order valence-electron chi connectivity index (χ3n) is 6.74. The number of benzene rings is 2. The minimum absolute atomic E-state index is 0.159. The maximum absolute atomic E-state index is 11.2. The van der Waals surface area contributed by atoms with Crippen LogP contribution in [0.4, 0.5) is 0 Å². The van der Waals surface area contributed by atoms with Crippen LogP contribution < -0.4 is 4.74 Å². The lowest BCUT2D eigenvalue weighted by atomic mass is 9.86. The molecule has 0 radical (unpaired) electrons. The third-order valence-corrected chi connectivity index (χ3v) is 6.74. The van der Waals surface area contributed by atoms with Crippen LogP contribution in [-0.2, 0) is 21.4 Å². The number of carbonyl (C=O) groups excluding carboxylic acids is 1. The minimum atomic E-state index is -0.225. The smallest absolute Gasteiger partial charge is 0.305 e. The van der Waals surface area contributed by atoms with Gasteiger partial charge in [-0.15, -0.1) is 0 Å². The first-order chi connectivity index (χ1) is 15.6. The Balaban J connectivity index is 1.38. The van der Waals surface area contributed by atoms with Crippen molar-refractivity contribution in [2.75, 3.05) is 13.7 Å². The summed E-state index contributed by atoms with van der Waals surface area (Å²) in [6, 6.07) is 19.3. The molecule has 2 aromatic rings. The summed E-state index contributed by atoms with van der Waals surface area (Å²) in [6.45, 7) is 0.612. The second-order valence-electron chi connectivity index (χ2n) is 8.92. The highest BCUT2D eigenvalue weighted by atomic mass is 16.5. The van der Waals surface area contributed by atoms with Gasteiger partial charge in [-0.3, -0.25) is 4.79 Å². The van der Waals surface area contributed by atoms with Crippen LogP contribution in [0.2, 0.25) is 0 Å². The van der Waals surface area contributed by atoms with Crippen LogP contribution in [0.5, 0.6) is 5.75 Å². The number of hydrogen-bond acceptors (Lipinski definition) is 4. The lowest BCUT2D eigenvalue weighted by Gasteiger charge is -2.22. The molecule has 0 amide bonds. The largest absolute Gasteiger partial charge is 0.489 e. The van der Waals surface area contributed by atoms with Crippen molar-refractivity contribution in [1.29, 1.82) is 5.26 Å². The van der Waals surface area contributed by atoms with E-state index >= 15 is 0 Å². The number of rotatable bonds is 9. The van der Waals surface area contributed by atoms with Gasteiger partial charge < -0.3 is 9.47 Å². The molecular weight excluding hydrogens is 398 g/mol. The number of aryl methyl sites for hydroxylation is 1. The van der Waals surface area contributed by atoms with Gasteiger partial charge in [-0.25, -0.2) is 0 Å². The topological polar surface area (TPSA) is 59.3 Å². The van der Waals surface area contributed by atoms with Gasteiger partial charge in [0.05, 0.1) is 18.6 Å². The van der Waals surface area contributed by atoms with Crippen LogP contribution >= 0.6 is 0 Å². The summed E-state index contributed by atoms with van der Waals surface area (Å²) in [5.74, 6) is 0.715. The van der Waals surface area contributed by atoms with Gasteiger partial charge in [0.15, 0.2) is 0 Å². The average molecular weight is 430 g/mol. The van der Waals surface area contributed by atoms with E-state index in [4.69, 9.17) is 4.74 Å².